The summed E-state index contributed by atoms with van der Waals surface area (Å²) in [6.07, 6.45) is 0. The monoisotopic (exact) mass is 176 g/mol. The molecule has 0 aromatic carbocycles. The molecular formula is C2H6MgO2Zr. The summed E-state index contributed by atoms with van der Waals surface area (Å²) in [4.78, 5) is 9.00. The summed E-state index contributed by atoms with van der Waals surface area (Å²) in [5.41, 5.74) is 0. The van der Waals surface area contributed by atoms with Crippen molar-refractivity contribution >= 4 is 29.0 Å². The van der Waals surface area contributed by atoms with Gasteiger partial charge in [-0.15, -0.1) is 0 Å². The summed E-state index contributed by atoms with van der Waals surface area (Å²) in [6, 6.07) is 0. The van der Waals surface area contributed by atoms with Gasteiger partial charge in [-0.1, -0.05) is 0 Å². The second kappa shape index (κ2) is 9.45. The first-order chi connectivity index (χ1) is 1.73. The van der Waals surface area contributed by atoms with Gasteiger partial charge in [0.2, 0.25) is 0 Å². The molecule has 0 saturated heterocycles. The van der Waals surface area contributed by atoms with E-state index in [1.165, 1.54) is 0 Å². The Morgan fingerprint density at radius 3 is 1.83 bits per heavy atom. The van der Waals surface area contributed by atoms with E-state index < -0.39 is 5.97 Å². The smallest absolute Gasteiger partial charge is 1.00 e. The molecule has 0 unspecified atom stereocenters. The van der Waals surface area contributed by atoms with Crippen LogP contribution in [0.4, 0.5) is 0 Å². The van der Waals surface area contributed by atoms with Crippen LogP contribution in [0.3, 0.4) is 0 Å². The van der Waals surface area contributed by atoms with Crippen LogP contribution in [0.15, 0.2) is 0 Å². The van der Waals surface area contributed by atoms with Crippen LogP contribution in [0.1, 0.15) is 9.78 Å². The van der Waals surface area contributed by atoms with Crippen molar-refractivity contribution in [3.63, 3.8) is 0 Å². The molecule has 0 fully saturated rings. The molecule has 0 aliphatic carbocycles. The summed E-state index contributed by atoms with van der Waals surface area (Å²) in [6.45, 7) is 1.08. The van der Waals surface area contributed by atoms with E-state index in [4.69, 9.17) is 9.90 Å². The maximum Gasteiger partial charge on any atom is 2.00 e. The van der Waals surface area contributed by atoms with Crippen LogP contribution >= 0.6 is 0 Å². The third-order valence-electron chi connectivity index (χ3n) is 0. The minimum absolute atomic E-state index is 0. The second-order valence-corrected chi connectivity index (χ2v) is 0.519. The Labute approximate surface area is 74.5 Å². The molecule has 0 heterocycles. The van der Waals surface area contributed by atoms with Crippen molar-refractivity contribution in [2.75, 3.05) is 0 Å². The van der Waals surface area contributed by atoms with Crippen molar-refractivity contribution in [3.8, 4) is 0 Å². The zero-order valence-corrected chi connectivity index (χ0v) is 7.43. The summed E-state index contributed by atoms with van der Waals surface area (Å²) in [5.74, 6) is -0.833. The Hall–Kier alpha value is 1.12. The van der Waals surface area contributed by atoms with E-state index in [0.717, 1.165) is 6.92 Å². The molecule has 0 aliphatic rings. The molecule has 0 saturated carbocycles. The quantitative estimate of drug-likeness (QED) is 0.526. The molecule has 1 N–H and O–H groups in total. The van der Waals surface area contributed by atoms with Crippen LogP contribution in [0.5, 0.6) is 0 Å². The molecule has 0 rings (SSSR count). The van der Waals surface area contributed by atoms with E-state index in [9.17, 15) is 0 Å². The average Bonchev–Trinajstić information content (AvgIpc) is 0.811. The number of aliphatic carboxylic acids is 1. The Bertz CT molecular complexity index is 41.0. The molecule has 0 aromatic rings. The van der Waals surface area contributed by atoms with Crippen molar-refractivity contribution in [1.29, 1.82) is 0 Å². The van der Waals surface area contributed by atoms with Crippen LogP contribution in [0, 0.1) is 0 Å². The number of carboxylic acids is 1. The van der Waals surface area contributed by atoms with Crippen molar-refractivity contribution in [2.24, 2.45) is 0 Å². The molecule has 0 amide bonds. The van der Waals surface area contributed by atoms with Gasteiger partial charge in [0.25, 0.3) is 5.97 Å². The fourth-order valence-electron chi connectivity index (χ4n) is 0. The fraction of sp³-hybridized carbons (Fsp3) is 0.500. The largest absolute Gasteiger partial charge is 2.00 e. The number of hydrogen-bond acceptors (Lipinski definition) is 1. The maximum absolute atomic E-state index is 9.00. The van der Waals surface area contributed by atoms with Gasteiger partial charge in [-0.3, -0.25) is 4.79 Å². The van der Waals surface area contributed by atoms with E-state index in [-0.39, 0.29) is 52.1 Å². The standard InChI is InChI=1S/C2H4O2.Mg.Zr.2H/c1-2(3)4;;;;/h1H3,(H,3,4);;;;/q;+2;;2*-1. The summed E-state index contributed by atoms with van der Waals surface area (Å²) < 4.78 is 0. The fourth-order valence-corrected chi connectivity index (χ4v) is 0. The zero-order valence-electron chi connectivity index (χ0n) is 5.56. The van der Waals surface area contributed by atoms with Crippen LogP contribution in [-0.2, 0) is 31.0 Å². The molecule has 0 atom stereocenters. The van der Waals surface area contributed by atoms with Gasteiger partial charge < -0.3 is 7.96 Å². The van der Waals surface area contributed by atoms with E-state index >= 15 is 0 Å². The van der Waals surface area contributed by atoms with Gasteiger partial charge in [-0.05, 0) is 0 Å². The van der Waals surface area contributed by atoms with Crippen LogP contribution in [0.2, 0.25) is 0 Å². The van der Waals surface area contributed by atoms with Crippen molar-refractivity contribution in [1.82, 2.24) is 0 Å². The first kappa shape index (κ1) is 15.7. The predicted octanol–water partition coefficient (Wildman–Crippen LogP) is -0.0674. The number of carboxylic acid groups (broad SMARTS) is 1. The number of hydrogen-bond donors (Lipinski definition) is 1. The van der Waals surface area contributed by atoms with Crippen molar-refractivity contribution < 1.29 is 39.0 Å². The maximum atomic E-state index is 9.00. The summed E-state index contributed by atoms with van der Waals surface area (Å²) >= 11 is 0. The van der Waals surface area contributed by atoms with Gasteiger partial charge in [0.1, 0.15) is 0 Å². The molecule has 0 aliphatic heterocycles. The summed E-state index contributed by atoms with van der Waals surface area (Å²) in [7, 11) is 0. The molecule has 2 nitrogen and oxygen atoms in total. The first-order valence-corrected chi connectivity index (χ1v) is 0.928. The van der Waals surface area contributed by atoms with Crippen molar-refractivity contribution in [2.45, 2.75) is 6.92 Å². The Morgan fingerprint density at radius 1 is 1.83 bits per heavy atom. The Kier molecular flexibility index (Phi) is 24.7. The second-order valence-electron chi connectivity index (χ2n) is 0.519. The average molecular weight is 178 g/mol. The van der Waals surface area contributed by atoms with E-state index in [1.54, 1.807) is 0 Å². The Morgan fingerprint density at radius 2 is 1.83 bits per heavy atom. The van der Waals surface area contributed by atoms with E-state index in [0.29, 0.717) is 0 Å². The van der Waals surface area contributed by atoms with Gasteiger partial charge in [0.05, 0.1) is 0 Å². The van der Waals surface area contributed by atoms with E-state index in [1.807, 2.05) is 0 Å². The van der Waals surface area contributed by atoms with Crippen molar-refractivity contribution in [3.05, 3.63) is 0 Å². The van der Waals surface area contributed by atoms with Gasteiger partial charge in [0.15, 0.2) is 0 Å². The predicted molar refractivity (Wildman–Crippen MR) is 21.3 cm³/mol. The third kappa shape index (κ3) is 69.3. The van der Waals surface area contributed by atoms with Crippen LogP contribution in [-0.4, -0.2) is 34.1 Å². The summed E-state index contributed by atoms with van der Waals surface area (Å²) in [5, 5.41) is 7.42. The minimum atomic E-state index is -0.833. The van der Waals surface area contributed by atoms with Gasteiger partial charge in [0, 0.05) is 33.1 Å². The topological polar surface area (TPSA) is 37.3 Å². The molecule has 0 bridgehead atoms. The molecule has 0 spiro atoms. The molecular weight excluding hydrogens is 172 g/mol. The molecule has 32 valence electrons. The molecule has 0 radical (unpaired) electrons. The molecule has 0 aromatic heterocycles. The number of carbonyl (C=O) groups is 1. The normalized spacial score (nSPS) is 4.17. The van der Waals surface area contributed by atoms with Crippen LogP contribution in [0.25, 0.3) is 0 Å². The molecule has 4 heteroatoms. The minimum Gasteiger partial charge on any atom is -1.00 e. The van der Waals surface area contributed by atoms with Gasteiger partial charge in [-0.25, -0.2) is 0 Å². The van der Waals surface area contributed by atoms with Gasteiger partial charge >= 0.3 is 23.1 Å². The molecule has 6 heavy (non-hydrogen) atoms. The Balaban J connectivity index is -0.00000000750. The number of rotatable bonds is 0. The van der Waals surface area contributed by atoms with Gasteiger partial charge in [-0.2, -0.15) is 0 Å². The van der Waals surface area contributed by atoms with E-state index in [2.05, 4.69) is 0 Å². The third-order valence-corrected chi connectivity index (χ3v) is 0. The first-order valence-electron chi connectivity index (χ1n) is 0.928. The zero-order chi connectivity index (χ0) is 3.58. The van der Waals surface area contributed by atoms with Crippen LogP contribution < -0.4 is 0 Å². The SMILES string of the molecule is CC(=O)O.[H-].[H-].[Mg+2].[Zr].